The Morgan fingerprint density at radius 3 is 2.55 bits per heavy atom. The molecule has 2 saturated carbocycles. The number of aliphatic hydroxyl groups excluding tert-OH is 1. The predicted octanol–water partition coefficient (Wildman–Crippen LogP) is 3.41. The highest BCUT2D eigenvalue weighted by atomic mass is 16.3. The van der Waals surface area contributed by atoms with E-state index in [0.717, 1.165) is 32.2 Å². The second kappa shape index (κ2) is 10.2. The van der Waals surface area contributed by atoms with Gasteiger partial charge in [-0.05, 0) is 57.1 Å². The van der Waals surface area contributed by atoms with Crippen LogP contribution in [0.25, 0.3) is 0 Å². The van der Waals surface area contributed by atoms with Crippen LogP contribution in [0.4, 0.5) is 4.79 Å². The molecule has 0 unspecified atom stereocenters. The average Bonchev–Trinajstić information content (AvgIpc) is 3.07. The van der Waals surface area contributed by atoms with E-state index in [1.807, 2.05) is 4.90 Å². The quantitative estimate of drug-likeness (QED) is 0.321. The summed E-state index contributed by atoms with van der Waals surface area (Å²) in [5.74, 6) is 0.609. The molecule has 4 rings (SSSR count). The molecule has 2 amide bonds. The Bertz CT molecular complexity index is 846. The largest absolute Gasteiger partial charge is 0.395 e. The molecule has 1 aromatic carbocycles. The number of amides is 2. The van der Waals surface area contributed by atoms with E-state index in [0.29, 0.717) is 31.2 Å². The fourth-order valence-corrected chi connectivity index (χ4v) is 5.78. The number of carbonyl (C=O) groups excluding carboxylic acids is 1. The van der Waals surface area contributed by atoms with Gasteiger partial charge in [0.05, 0.1) is 24.4 Å². The van der Waals surface area contributed by atoms with Gasteiger partial charge in [-0.25, -0.2) is 10.3 Å². The summed E-state index contributed by atoms with van der Waals surface area (Å²) >= 11 is 0. The number of nitrogens with zero attached hydrogens (tertiary/aromatic N) is 3. The number of rotatable bonds is 10. The van der Waals surface area contributed by atoms with Crippen molar-refractivity contribution in [2.75, 3.05) is 39.8 Å². The Hall–Kier alpha value is -2.45. The lowest BCUT2D eigenvalue weighted by Gasteiger charge is -2.49. The number of carbonyl (C=O) groups is 1. The molecule has 1 spiro atoms. The van der Waals surface area contributed by atoms with Crippen LogP contribution in [-0.2, 0) is 5.54 Å². The molecule has 3 fully saturated rings. The van der Waals surface area contributed by atoms with Gasteiger partial charge in [-0.15, -0.1) is 0 Å². The van der Waals surface area contributed by atoms with E-state index in [1.54, 1.807) is 6.20 Å². The van der Waals surface area contributed by atoms with Crippen LogP contribution in [0.5, 0.6) is 0 Å². The van der Waals surface area contributed by atoms with Gasteiger partial charge in [0.15, 0.2) is 0 Å². The maximum absolute atomic E-state index is 13.6. The van der Waals surface area contributed by atoms with Gasteiger partial charge in [-0.3, -0.25) is 0 Å². The summed E-state index contributed by atoms with van der Waals surface area (Å²) in [4.78, 5) is 17.6. The van der Waals surface area contributed by atoms with Crippen molar-refractivity contribution < 1.29 is 9.90 Å². The second-order valence-corrected chi connectivity index (χ2v) is 9.89. The molecule has 2 aliphatic carbocycles. The summed E-state index contributed by atoms with van der Waals surface area (Å²) in [6.07, 6.45) is 9.21. The zero-order valence-corrected chi connectivity index (χ0v) is 19.7. The fourth-order valence-electron chi connectivity index (χ4n) is 5.78. The molecule has 3 aliphatic rings. The van der Waals surface area contributed by atoms with Crippen molar-refractivity contribution in [3.63, 3.8) is 0 Å². The van der Waals surface area contributed by atoms with E-state index in [2.05, 4.69) is 58.0 Å². The Kier molecular flexibility index (Phi) is 7.34. The molecule has 1 saturated heterocycles. The molecule has 8 nitrogen and oxygen atoms in total. The van der Waals surface area contributed by atoms with E-state index in [4.69, 9.17) is 10.6 Å². The lowest BCUT2D eigenvalue weighted by molar-refractivity contribution is 0.0585. The number of aliphatic hydroxyl groups is 1. The van der Waals surface area contributed by atoms with E-state index in [9.17, 15) is 4.79 Å². The highest BCUT2D eigenvalue weighted by molar-refractivity contribution is 5.78. The van der Waals surface area contributed by atoms with Gasteiger partial charge in [-0.2, -0.15) is 5.11 Å². The highest BCUT2D eigenvalue weighted by Gasteiger charge is 2.54. The Morgan fingerprint density at radius 2 is 1.97 bits per heavy atom. The monoisotopic (exact) mass is 454 g/mol. The van der Waals surface area contributed by atoms with Gasteiger partial charge in [0.2, 0.25) is 0 Å². The van der Waals surface area contributed by atoms with Crippen molar-refractivity contribution in [2.24, 2.45) is 11.0 Å². The molecule has 4 N–H and O–H groups in total. The molecule has 1 heterocycles. The van der Waals surface area contributed by atoms with Crippen LogP contribution >= 0.6 is 0 Å². The fraction of sp³-hybridized carbons (Fsp3) is 0.640. The highest BCUT2D eigenvalue weighted by Crippen LogP contribution is 2.47. The third-order valence-corrected chi connectivity index (χ3v) is 8.09. The molecule has 1 aromatic rings. The predicted molar refractivity (Wildman–Crippen MR) is 128 cm³/mol. The van der Waals surface area contributed by atoms with Crippen LogP contribution in [0.2, 0.25) is 0 Å². The summed E-state index contributed by atoms with van der Waals surface area (Å²) in [5.41, 5.74) is 9.14. The molecule has 0 bridgehead atoms. The Morgan fingerprint density at radius 1 is 1.24 bits per heavy atom. The van der Waals surface area contributed by atoms with E-state index in [-0.39, 0.29) is 23.7 Å². The first-order valence-corrected chi connectivity index (χ1v) is 12.3. The van der Waals surface area contributed by atoms with Crippen LogP contribution in [-0.4, -0.2) is 66.3 Å². The van der Waals surface area contributed by atoms with Crippen molar-refractivity contribution in [1.82, 2.24) is 20.4 Å². The summed E-state index contributed by atoms with van der Waals surface area (Å²) in [6.45, 7) is 2.25. The minimum atomic E-state index is -0.159. The lowest BCUT2D eigenvalue weighted by Crippen LogP contribution is -2.56. The number of urea groups is 1. The number of hydrogen-bond donors (Lipinski definition) is 4. The topological polar surface area (TPSA) is 104 Å². The number of nitrogens with one attached hydrogen (secondary N) is 3. The number of hydrogen-bond acceptors (Lipinski definition) is 6. The lowest BCUT2D eigenvalue weighted by atomic mass is 9.68. The maximum Gasteiger partial charge on any atom is 0.320 e. The van der Waals surface area contributed by atoms with Gasteiger partial charge in [0.1, 0.15) is 0 Å². The van der Waals surface area contributed by atoms with Crippen LogP contribution in [0.1, 0.15) is 50.5 Å². The minimum absolute atomic E-state index is 0.0112. The first-order chi connectivity index (χ1) is 16.1. The zero-order chi connectivity index (χ0) is 23.3. The van der Waals surface area contributed by atoms with Crippen molar-refractivity contribution in [3.05, 3.63) is 47.8 Å². The van der Waals surface area contributed by atoms with E-state index < -0.39 is 0 Å². The standard InChI is InChI=1S/C25H38N6O2/c1-27-25(21-8-3-2-4-9-21)12-10-24(11-13-25)19-30(18-22(29-26)16-28-14-15-32)23(33)31(24)17-20-6-5-7-20/h2-4,8-9,16,20,26-28,32H,5-7,10-15,17-19H2,1H3/b22-16-,29-26?/t24-,25+. The molecule has 1 aliphatic heterocycles. The van der Waals surface area contributed by atoms with Gasteiger partial charge < -0.3 is 25.5 Å². The Labute approximate surface area is 196 Å². The van der Waals surface area contributed by atoms with Crippen LogP contribution in [0.15, 0.2) is 47.3 Å². The maximum atomic E-state index is 13.6. The first kappa shape index (κ1) is 23.7. The van der Waals surface area contributed by atoms with Gasteiger partial charge in [-0.1, -0.05) is 36.8 Å². The van der Waals surface area contributed by atoms with Crippen molar-refractivity contribution in [3.8, 4) is 0 Å². The van der Waals surface area contributed by atoms with Gasteiger partial charge in [0.25, 0.3) is 0 Å². The third-order valence-electron chi connectivity index (χ3n) is 8.09. The van der Waals surface area contributed by atoms with Gasteiger partial charge >= 0.3 is 6.03 Å². The summed E-state index contributed by atoms with van der Waals surface area (Å²) in [7, 11) is 2.05. The van der Waals surface area contributed by atoms with Crippen LogP contribution in [0.3, 0.4) is 0 Å². The van der Waals surface area contributed by atoms with Crippen molar-refractivity contribution >= 4 is 6.03 Å². The van der Waals surface area contributed by atoms with Crippen LogP contribution in [0, 0.1) is 11.4 Å². The molecule has 8 heteroatoms. The third kappa shape index (κ3) is 4.77. The molecule has 0 atom stereocenters. The smallest absolute Gasteiger partial charge is 0.320 e. The molecular formula is C25H38N6O2. The number of benzene rings is 1. The Balaban J connectivity index is 1.53. The SMILES string of the molecule is CN[C@]1(c2ccccc2)CC[C@]2(CC1)CN(C/C(=C/NCCO)N=N)C(=O)N2CC1CCC1. The molecule has 33 heavy (non-hydrogen) atoms. The van der Waals surface area contributed by atoms with Crippen molar-refractivity contribution in [1.29, 1.82) is 5.53 Å². The molecular weight excluding hydrogens is 416 g/mol. The molecule has 180 valence electrons. The second-order valence-electron chi connectivity index (χ2n) is 9.89. The van der Waals surface area contributed by atoms with E-state index in [1.165, 1.54) is 24.8 Å². The van der Waals surface area contributed by atoms with Crippen LogP contribution < -0.4 is 10.6 Å². The van der Waals surface area contributed by atoms with E-state index >= 15 is 0 Å². The van der Waals surface area contributed by atoms with Gasteiger partial charge in [0, 0.05) is 31.4 Å². The van der Waals surface area contributed by atoms with Crippen molar-refractivity contribution in [2.45, 2.75) is 56.0 Å². The summed E-state index contributed by atoms with van der Waals surface area (Å²) in [5, 5.41) is 19.2. The summed E-state index contributed by atoms with van der Waals surface area (Å²) in [6, 6.07) is 10.8. The zero-order valence-electron chi connectivity index (χ0n) is 19.7. The normalized spacial score (nSPS) is 28.3. The molecule has 0 radical (unpaired) electrons. The molecule has 0 aromatic heterocycles. The first-order valence-electron chi connectivity index (χ1n) is 12.3. The summed E-state index contributed by atoms with van der Waals surface area (Å²) < 4.78 is 0. The minimum Gasteiger partial charge on any atom is -0.395 e. The average molecular weight is 455 g/mol.